The van der Waals surface area contributed by atoms with Crippen LogP contribution in [0.3, 0.4) is 0 Å². The van der Waals surface area contributed by atoms with Crippen LogP contribution in [0, 0.1) is 11.3 Å². The van der Waals surface area contributed by atoms with E-state index in [1.54, 1.807) is 0 Å². The number of nitrogens with zero attached hydrogens (tertiary/aromatic N) is 1. The number of nitrogens with one attached hydrogen (secondary N) is 1. The molecule has 1 unspecified atom stereocenters. The first kappa shape index (κ1) is 12.3. The van der Waals surface area contributed by atoms with Crippen molar-refractivity contribution in [2.24, 2.45) is 0 Å². The fourth-order valence-electron chi connectivity index (χ4n) is 2.84. The van der Waals surface area contributed by atoms with Gasteiger partial charge in [0.15, 0.2) is 0 Å². The summed E-state index contributed by atoms with van der Waals surface area (Å²) in [5, 5.41) is 13.1. The Kier molecular flexibility index (Phi) is 4.55. The molecule has 2 aliphatic rings. The third-order valence-electron chi connectivity index (χ3n) is 3.79. The van der Waals surface area contributed by atoms with Gasteiger partial charge in [-0.15, -0.1) is 0 Å². The first-order valence-electron chi connectivity index (χ1n) is 6.61. The molecule has 0 aromatic rings. The fourth-order valence-corrected chi connectivity index (χ4v) is 3.98. The summed E-state index contributed by atoms with van der Waals surface area (Å²) in [5.74, 6) is 2.22. The van der Waals surface area contributed by atoms with Gasteiger partial charge in [-0.3, -0.25) is 5.32 Å². The van der Waals surface area contributed by atoms with Crippen molar-refractivity contribution in [2.45, 2.75) is 62.9 Å². The zero-order valence-corrected chi connectivity index (χ0v) is 10.8. The van der Waals surface area contributed by atoms with E-state index in [1.807, 2.05) is 11.8 Å². The van der Waals surface area contributed by atoms with Gasteiger partial charge in [-0.25, -0.2) is 0 Å². The lowest BCUT2D eigenvalue weighted by molar-refractivity contribution is 0.333. The van der Waals surface area contributed by atoms with Gasteiger partial charge in [-0.1, -0.05) is 25.7 Å². The van der Waals surface area contributed by atoms with Crippen LogP contribution >= 0.6 is 11.8 Å². The maximum absolute atomic E-state index is 9.42. The van der Waals surface area contributed by atoms with Crippen molar-refractivity contribution in [1.29, 1.82) is 5.26 Å². The standard InChI is InChI=1S/C13H22N2S/c14-10-13(8-5-9-16-11-13)15-12-6-3-1-2-4-7-12/h12,15H,1-9,11H2. The van der Waals surface area contributed by atoms with Crippen molar-refractivity contribution < 1.29 is 0 Å². The third kappa shape index (κ3) is 3.15. The van der Waals surface area contributed by atoms with Crippen LogP contribution in [0.5, 0.6) is 0 Å². The Morgan fingerprint density at radius 3 is 2.44 bits per heavy atom. The molecule has 90 valence electrons. The highest BCUT2D eigenvalue weighted by molar-refractivity contribution is 7.99. The molecule has 2 nitrogen and oxygen atoms in total. The summed E-state index contributed by atoms with van der Waals surface area (Å²) in [6.07, 6.45) is 10.2. The first-order valence-corrected chi connectivity index (χ1v) is 7.77. The van der Waals surface area contributed by atoms with Gasteiger partial charge in [0.2, 0.25) is 0 Å². The Balaban J connectivity index is 1.92. The zero-order chi connectivity index (χ0) is 11.3. The molecule has 0 radical (unpaired) electrons. The Morgan fingerprint density at radius 1 is 1.12 bits per heavy atom. The molecule has 1 saturated carbocycles. The Hall–Kier alpha value is -0.200. The van der Waals surface area contributed by atoms with Crippen LogP contribution in [0.2, 0.25) is 0 Å². The van der Waals surface area contributed by atoms with E-state index in [9.17, 15) is 5.26 Å². The van der Waals surface area contributed by atoms with Gasteiger partial charge in [0.05, 0.1) is 6.07 Å². The number of thioether (sulfide) groups is 1. The largest absolute Gasteiger partial charge is 0.296 e. The molecule has 2 fully saturated rings. The highest BCUT2D eigenvalue weighted by Gasteiger charge is 2.34. The van der Waals surface area contributed by atoms with E-state index >= 15 is 0 Å². The molecular weight excluding hydrogens is 216 g/mol. The molecule has 0 spiro atoms. The molecule has 16 heavy (non-hydrogen) atoms. The highest BCUT2D eigenvalue weighted by Crippen LogP contribution is 2.28. The van der Waals surface area contributed by atoms with Crippen LogP contribution in [0.25, 0.3) is 0 Å². The smallest absolute Gasteiger partial charge is 0.116 e. The second-order valence-electron chi connectivity index (χ2n) is 5.18. The van der Waals surface area contributed by atoms with Crippen molar-refractivity contribution in [3.63, 3.8) is 0 Å². The van der Waals surface area contributed by atoms with Crippen LogP contribution in [0.4, 0.5) is 0 Å². The normalized spacial score (nSPS) is 32.9. The highest BCUT2D eigenvalue weighted by atomic mass is 32.2. The number of nitriles is 1. The molecule has 3 heteroatoms. The van der Waals surface area contributed by atoms with Gasteiger partial charge in [0.25, 0.3) is 0 Å². The summed E-state index contributed by atoms with van der Waals surface area (Å²) < 4.78 is 0. The van der Waals surface area contributed by atoms with Gasteiger partial charge in [0.1, 0.15) is 5.54 Å². The molecule has 2 rings (SSSR count). The zero-order valence-electron chi connectivity index (χ0n) is 10.0. The fraction of sp³-hybridized carbons (Fsp3) is 0.923. The van der Waals surface area contributed by atoms with E-state index in [-0.39, 0.29) is 5.54 Å². The van der Waals surface area contributed by atoms with E-state index in [4.69, 9.17) is 0 Å². The molecule has 0 aromatic heterocycles. The maximum atomic E-state index is 9.42. The van der Waals surface area contributed by atoms with Crippen LogP contribution in [-0.4, -0.2) is 23.1 Å². The van der Waals surface area contributed by atoms with Crippen LogP contribution in [0.15, 0.2) is 0 Å². The minimum atomic E-state index is -0.210. The minimum absolute atomic E-state index is 0.210. The number of hydrogen-bond donors (Lipinski definition) is 1. The maximum Gasteiger partial charge on any atom is 0.116 e. The van der Waals surface area contributed by atoms with Gasteiger partial charge in [-0.05, 0) is 31.4 Å². The Labute approximate surface area is 103 Å². The lowest BCUT2D eigenvalue weighted by atomic mass is 9.94. The second kappa shape index (κ2) is 5.93. The summed E-state index contributed by atoms with van der Waals surface area (Å²) in [6, 6.07) is 3.15. The molecule has 1 saturated heterocycles. The van der Waals surface area contributed by atoms with Crippen LogP contribution < -0.4 is 5.32 Å². The van der Waals surface area contributed by atoms with E-state index in [0.29, 0.717) is 6.04 Å². The summed E-state index contributed by atoms with van der Waals surface area (Å²) in [7, 11) is 0. The van der Waals surface area contributed by atoms with E-state index in [0.717, 1.165) is 12.2 Å². The number of hydrogen-bond acceptors (Lipinski definition) is 3. The van der Waals surface area contributed by atoms with E-state index in [1.165, 1.54) is 50.7 Å². The molecule has 1 N–H and O–H groups in total. The predicted octanol–water partition coefficient (Wildman–Crippen LogP) is 3.09. The van der Waals surface area contributed by atoms with Gasteiger partial charge < -0.3 is 0 Å². The Bertz CT molecular complexity index is 245. The van der Waals surface area contributed by atoms with Crippen LogP contribution in [-0.2, 0) is 0 Å². The van der Waals surface area contributed by atoms with Crippen LogP contribution in [0.1, 0.15) is 51.4 Å². The van der Waals surface area contributed by atoms with Gasteiger partial charge >= 0.3 is 0 Å². The quantitative estimate of drug-likeness (QED) is 0.751. The molecule has 1 aliphatic heterocycles. The molecule has 1 atom stereocenters. The van der Waals surface area contributed by atoms with Crippen molar-refractivity contribution in [3.8, 4) is 6.07 Å². The summed E-state index contributed by atoms with van der Waals surface area (Å²) in [6.45, 7) is 0. The minimum Gasteiger partial charge on any atom is -0.296 e. The van der Waals surface area contributed by atoms with Gasteiger partial charge in [-0.2, -0.15) is 17.0 Å². The van der Waals surface area contributed by atoms with Crippen molar-refractivity contribution in [3.05, 3.63) is 0 Å². The van der Waals surface area contributed by atoms with Crippen molar-refractivity contribution in [2.75, 3.05) is 11.5 Å². The van der Waals surface area contributed by atoms with E-state index < -0.39 is 0 Å². The SMILES string of the molecule is N#CC1(NC2CCCCCC2)CCCSC1. The molecule has 1 aliphatic carbocycles. The summed E-state index contributed by atoms with van der Waals surface area (Å²) in [5.41, 5.74) is -0.210. The summed E-state index contributed by atoms with van der Waals surface area (Å²) in [4.78, 5) is 0. The lowest BCUT2D eigenvalue weighted by Crippen LogP contribution is -2.52. The second-order valence-corrected chi connectivity index (χ2v) is 6.29. The predicted molar refractivity (Wildman–Crippen MR) is 69.5 cm³/mol. The lowest BCUT2D eigenvalue weighted by Gasteiger charge is -2.35. The number of rotatable bonds is 2. The average Bonchev–Trinajstić information content (AvgIpc) is 2.59. The molecular formula is C13H22N2S. The van der Waals surface area contributed by atoms with Crippen molar-refractivity contribution >= 4 is 11.8 Å². The first-order chi connectivity index (χ1) is 7.85. The third-order valence-corrected chi connectivity index (χ3v) is 5.06. The monoisotopic (exact) mass is 238 g/mol. The average molecular weight is 238 g/mol. The van der Waals surface area contributed by atoms with Gasteiger partial charge in [0, 0.05) is 11.8 Å². The topological polar surface area (TPSA) is 35.8 Å². The summed E-state index contributed by atoms with van der Waals surface area (Å²) >= 11 is 1.94. The molecule has 1 heterocycles. The van der Waals surface area contributed by atoms with Crippen molar-refractivity contribution in [1.82, 2.24) is 5.32 Å². The van der Waals surface area contributed by atoms with E-state index in [2.05, 4.69) is 11.4 Å². The molecule has 0 bridgehead atoms. The molecule has 0 aromatic carbocycles. The Morgan fingerprint density at radius 2 is 1.88 bits per heavy atom. The molecule has 0 amide bonds.